The van der Waals surface area contributed by atoms with Gasteiger partial charge in [-0.2, -0.15) is 0 Å². The van der Waals surface area contributed by atoms with Crippen LogP contribution in [-0.4, -0.2) is 43.1 Å². The second-order valence-electron chi connectivity index (χ2n) is 6.80. The predicted octanol–water partition coefficient (Wildman–Crippen LogP) is 3.90. The molecule has 1 atom stereocenters. The smallest absolute Gasteiger partial charge is 0.241 e. The van der Waals surface area contributed by atoms with Gasteiger partial charge in [-0.15, -0.1) is 24.8 Å². The van der Waals surface area contributed by atoms with Gasteiger partial charge in [0, 0.05) is 18.8 Å². The molecule has 1 unspecified atom stereocenters. The molecular formula is C22H31Cl2N3O2. The van der Waals surface area contributed by atoms with Gasteiger partial charge in [-0.25, -0.2) is 0 Å². The molecule has 160 valence electrons. The summed E-state index contributed by atoms with van der Waals surface area (Å²) in [5.74, 6) is 0.824. The minimum atomic E-state index is -0.204. The summed E-state index contributed by atoms with van der Waals surface area (Å²) in [5.41, 5.74) is 3.30. The fourth-order valence-electron chi connectivity index (χ4n) is 3.34. The minimum Gasteiger partial charge on any atom is -0.492 e. The van der Waals surface area contributed by atoms with E-state index >= 15 is 0 Å². The second kappa shape index (κ2) is 12.7. The molecule has 2 N–H and O–H groups in total. The van der Waals surface area contributed by atoms with Crippen LogP contribution in [0.4, 0.5) is 5.69 Å². The zero-order valence-electron chi connectivity index (χ0n) is 17.0. The maximum Gasteiger partial charge on any atom is 0.241 e. The Hall–Kier alpha value is -1.79. The first-order valence-corrected chi connectivity index (χ1v) is 9.75. The lowest BCUT2D eigenvalue weighted by Gasteiger charge is -2.25. The Morgan fingerprint density at radius 1 is 1.07 bits per heavy atom. The van der Waals surface area contributed by atoms with E-state index in [1.54, 1.807) is 0 Å². The van der Waals surface area contributed by atoms with E-state index in [2.05, 4.69) is 41.5 Å². The highest BCUT2D eigenvalue weighted by Crippen LogP contribution is 2.19. The van der Waals surface area contributed by atoms with E-state index in [1.165, 1.54) is 11.1 Å². The zero-order valence-corrected chi connectivity index (χ0v) is 18.7. The maximum absolute atomic E-state index is 12.6. The van der Waals surface area contributed by atoms with Crippen LogP contribution in [0.5, 0.6) is 5.75 Å². The van der Waals surface area contributed by atoms with Gasteiger partial charge in [0.15, 0.2) is 0 Å². The summed E-state index contributed by atoms with van der Waals surface area (Å²) in [6, 6.07) is 15.6. The number of nitrogens with one attached hydrogen (secondary N) is 2. The Bertz CT molecular complexity index is 752. The topological polar surface area (TPSA) is 53.6 Å². The van der Waals surface area contributed by atoms with E-state index < -0.39 is 0 Å². The molecule has 0 aliphatic carbocycles. The number of hydrogen-bond donors (Lipinski definition) is 2. The van der Waals surface area contributed by atoms with Gasteiger partial charge in [0.1, 0.15) is 12.4 Å². The molecule has 1 aliphatic rings. The van der Waals surface area contributed by atoms with Crippen molar-refractivity contribution in [3.63, 3.8) is 0 Å². The van der Waals surface area contributed by atoms with Crippen LogP contribution in [0.2, 0.25) is 0 Å². The first-order chi connectivity index (χ1) is 13.2. The van der Waals surface area contributed by atoms with Crippen LogP contribution in [0.15, 0.2) is 48.5 Å². The molecule has 7 heteroatoms. The molecule has 2 aromatic carbocycles. The summed E-state index contributed by atoms with van der Waals surface area (Å²) < 4.78 is 5.79. The third-order valence-electron chi connectivity index (χ3n) is 5.09. The standard InChI is InChI=1S/C22H29N3O2.2ClH/c1-3-25(4-2)13-14-27-20-11-9-19(10-12-20)24-22(26)21-15-17-7-5-6-8-18(17)16-23-21;;/h5-12,21,23H,3-4,13-16H2,1-2H3,(H,24,26);2*1H. The van der Waals surface area contributed by atoms with Gasteiger partial charge < -0.3 is 20.3 Å². The third kappa shape index (κ3) is 7.19. The van der Waals surface area contributed by atoms with Gasteiger partial charge in [-0.3, -0.25) is 4.79 Å². The maximum atomic E-state index is 12.6. The Balaban J connectivity index is 0.00000210. The summed E-state index contributed by atoms with van der Waals surface area (Å²) in [5, 5.41) is 6.31. The van der Waals surface area contributed by atoms with E-state index in [1.807, 2.05) is 36.4 Å². The van der Waals surface area contributed by atoms with Crippen LogP contribution in [0.3, 0.4) is 0 Å². The SMILES string of the molecule is CCN(CC)CCOc1ccc(NC(=O)C2Cc3ccccc3CN2)cc1.Cl.Cl. The number of rotatable bonds is 8. The lowest BCUT2D eigenvalue weighted by Crippen LogP contribution is -2.44. The van der Waals surface area contributed by atoms with Crippen LogP contribution in [0, 0.1) is 0 Å². The van der Waals surface area contributed by atoms with Crippen molar-refractivity contribution in [2.24, 2.45) is 0 Å². The van der Waals surface area contributed by atoms with Gasteiger partial charge in [0.2, 0.25) is 5.91 Å². The third-order valence-corrected chi connectivity index (χ3v) is 5.09. The second-order valence-corrected chi connectivity index (χ2v) is 6.80. The Morgan fingerprint density at radius 2 is 1.72 bits per heavy atom. The predicted molar refractivity (Wildman–Crippen MR) is 124 cm³/mol. The highest BCUT2D eigenvalue weighted by molar-refractivity contribution is 5.95. The molecule has 0 spiro atoms. The van der Waals surface area contributed by atoms with Crippen LogP contribution in [-0.2, 0) is 17.8 Å². The highest BCUT2D eigenvalue weighted by atomic mass is 35.5. The van der Waals surface area contributed by atoms with E-state index in [0.717, 1.165) is 37.6 Å². The number of hydrogen-bond acceptors (Lipinski definition) is 4. The number of benzene rings is 2. The fourth-order valence-corrected chi connectivity index (χ4v) is 3.34. The monoisotopic (exact) mass is 439 g/mol. The normalized spacial score (nSPS) is 14.9. The zero-order chi connectivity index (χ0) is 19.1. The van der Waals surface area contributed by atoms with Gasteiger partial charge in [0.05, 0.1) is 6.04 Å². The molecule has 0 radical (unpaired) electrons. The van der Waals surface area contributed by atoms with E-state index in [0.29, 0.717) is 13.0 Å². The van der Waals surface area contributed by atoms with Gasteiger partial charge >= 0.3 is 0 Å². The first kappa shape index (κ1) is 25.2. The number of ether oxygens (including phenoxy) is 1. The number of likely N-dealkylation sites (N-methyl/N-ethyl adjacent to an activating group) is 1. The molecule has 0 saturated heterocycles. The molecule has 0 saturated carbocycles. The van der Waals surface area contributed by atoms with Crippen molar-refractivity contribution in [1.82, 2.24) is 10.2 Å². The van der Waals surface area contributed by atoms with Gasteiger partial charge in [-0.05, 0) is 54.9 Å². The molecular weight excluding hydrogens is 409 g/mol. The van der Waals surface area contributed by atoms with Crippen molar-refractivity contribution in [3.05, 3.63) is 59.7 Å². The Labute approximate surface area is 186 Å². The van der Waals surface area contributed by atoms with E-state index in [-0.39, 0.29) is 36.8 Å². The van der Waals surface area contributed by atoms with Crippen LogP contribution < -0.4 is 15.4 Å². The molecule has 0 bridgehead atoms. The average Bonchev–Trinajstić information content (AvgIpc) is 2.72. The van der Waals surface area contributed by atoms with Crippen molar-refractivity contribution in [1.29, 1.82) is 0 Å². The number of nitrogens with zero attached hydrogens (tertiary/aromatic N) is 1. The number of carbonyl (C=O) groups excluding carboxylic acids is 1. The van der Waals surface area contributed by atoms with Crippen molar-refractivity contribution >= 4 is 36.4 Å². The summed E-state index contributed by atoms with van der Waals surface area (Å²) in [6.07, 6.45) is 0.717. The molecule has 1 aliphatic heterocycles. The number of halogens is 2. The largest absolute Gasteiger partial charge is 0.492 e. The quantitative estimate of drug-likeness (QED) is 0.654. The lowest BCUT2D eigenvalue weighted by atomic mass is 9.95. The van der Waals surface area contributed by atoms with Crippen molar-refractivity contribution in [2.75, 3.05) is 31.6 Å². The van der Waals surface area contributed by atoms with Gasteiger partial charge in [-0.1, -0.05) is 38.1 Å². The highest BCUT2D eigenvalue weighted by Gasteiger charge is 2.23. The van der Waals surface area contributed by atoms with Crippen molar-refractivity contribution < 1.29 is 9.53 Å². The Kier molecular flexibility index (Phi) is 11.1. The van der Waals surface area contributed by atoms with E-state index in [4.69, 9.17) is 4.74 Å². The van der Waals surface area contributed by atoms with E-state index in [9.17, 15) is 4.79 Å². The summed E-state index contributed by atoms with van der Waals surface area (Å²) in [4.78, 5) is 14.9. The molecule has 2 aromatic rings. The van der Waals surface area contributed by atoms with Crippen molar-refractivity contribution in [3.8, 4) is 5.75 Å². The Morgan fingerprint density at radius 3 is 2.38 bits per heavy atom. The number of carbonyl (C=O) groups is 1. The average molecular weight is 440 g/mol. The first-order valence-electron chi connectivity index (χ1n) is 9.75. The van der Waals surface area contributed by atoms with Crippen LogP contribution >= 0.6 is 24.8 Å². The number of amides is 1. The number of fused-ring (bicyclic) bond motifs is 1. The molecule has 29 heavy (non-hydrogen) atoms. The molecule has 0 fully saturated rings. The summed E-state index contributed by atoms with van der Waals surface area (Å²) >= 11 is 0. The molecule has 3 rings (SSSR count). The number of anilines is 1. The molecule has 1 heterocycles. The lowest BCUT2D eigenvalue weighted by molar-refractivity contribution is -0.118. The van der Waals surface area contributed by atoms with Crippen LogP contribution in [0.1, 0.15) is 25.0 Å². The van der Waals surface area contributed by atoms with Crippen LogP contribution in [0.25, 0.3) is 0 Å². The molecule has 1 amide bonds. The van der Waals surface area contributed by atoms with Crippen molar-refractivity contribution in [2.45, 2.75) is 32.9 Å². The molecule has 5 nitrogen and oxygen atoms in total. The fraction of sp³-hybridized carbons (Fsp3) is 0.409. The van der Waals surface area contributed by atoms with Gasteiger partial charge in [0.25, 0.3) is 0 Å². The summed E-state index contributed by atoms with van der Waals surface area (Å²) in [6.45, 7) is 8.68. The molecule has 0 aromatic heterocycles. The summed E-state index contributed by atoms with van der Waals surface area (Å²) in [7, 11) is 0. The minimum absolute atomic E-state index is 0.